The van der Waals surface area contributed by atoms with Crippen molar-refractivity contribution in [3.05, 3.63) is 71.5 Å². The van der Waals surface area contributed by atoms with Crippen molar-refractivity contribution >= 4 is 11.8 Å². The number of hydrogen-bond acceptors (Lipinski definition) is 2. The molecule has 2 N–H and O–H groups in total. The quantitative estimate of drug-likeness (QED) is 0.855. The minimum absolute atomic E-state index is 0.134. The molecule has 0 spiro atoms. The van der Waals surface area contributed by atoms with Gasteiger partial charge in [0.15, 0.2) is 0 Å². The van der Waals surface area contributed by atoms with Crippen LogP contribution in [0.3, 0.4) is 0 Å². The normalized spacial score (nSPS) is 13.0. The largest absolute Gasteiger partial charge is 0.350 e. The minimum atomic E-state index is -0.385. The van der Waals surface area contributed by atoms with Gasteiger partial charge in [0.05, 0.1) is 18.5 Å². The van der Waals surface area contributed by atoms with Crippen molar-refractivity contribution in [2.75, 3.05) is 0 Å². The summed E-state index contributed by atoms with van der Waals surface area (Å²) in [5.41, 5.74) is 1.69. The van der Waals surface area contributed by atoms with Gasteiger partial charge in [0.25, 0.3) is 0 Å². The maximum Gasteiger partial charge on any atom is 0.222 e. The van der Waals surface area contributed by atoms with Crippen molar-refractivity contribution in [3.63, 3.8) is 0 Å². The number of carbonyl (C=O) groups is 2. The van der Waals surface area contributed by atoms with Crippen LogP contribution >= 0.6 is 0 Å². The van der Waals surface area contributed by atoms with Crippen molar-refractivity contribution < 1.29 is 14.0 Å². The van der Waals surface area contributed by atoms with E-state index in [9.17, 15) is 14.0 Å². The summed E-state index contributed by atoms with van der Waals surface area (Å²) in [5, 5.41) is 5.67. The first-order chi connectivity index (χ1) is 11.5. The number of carbonyl (C=O) groups excluding carboxylic acids is 2. The molecule has 2 atom stereocenters. The van der Waals surface area contributed by atoms with E-state index in [1.165, 1.54) is 19.1 Å². The van der Waals surface area contributed by atoms with E-state index < -0.39 is 0 Å². The van der Waals surface area contributed by atoms with Crippen molar-refractivity contribution in [1.82, 2.24) is 10.6 Å². The van der Waals surface area contributed by atoms with Gasteiger partial charge < -0.3 is 10.6 Å². The second-order valence-electron chi connectivity index (χ2n) is 5.71. The van der Waals surface area contributed by atoms with Gasteiger partial charge in [-0.05, 0) is 30.2 Å². The van der Waals surface area contributed by atoms with Gasteiger partial charge in [-0.1, -0.05) is 42.5 Å². The maximum absolute atomic E-state index is 13.0. The zero-order valence-corrected chi connectivity index (χ0v) is 13.8. The third-order valence-electron chi connectivity index (χ3n) is 3.72. The van der Waals surface area contributed by atoms with Gasteiger partial charge in [-0.2, -0.15) is 0 Å². The Kier molecular flexibility index (Phi) is 6.07. The Labute approximate surface area is 141 Å². The van der Waals surface area contributed by atoms with Crippen LogP contribution in [0.2, 0.25) is 0 Å². The van der Waals surface area contributed by atoms with Gasteiger partial charge in [0.1, 0.15) is 5.82 Å². The molecule has 5 heteroatoms. The van der Waals surface area contributed by atoms with Crippen LogP contribution in [0, 0.1) is 5.82 Å². The summed E-state index contributed by atoms with van der Waals surface area (Å²) in [7, 11) is 0. The number of halogens is 1. The average molecular weight is 328 g/mol. The first-order valence-corrected chi connectivity index (χ1v) is 7.82. The topological polar surface area (TPSA) is 58.2 Å². The highest BCUT2D eigenvalue weighted by Gasteiger charge is 2.18. The van der Waals surface area contributed by atoms with Crippen LogP contribution in [-0.4, -0.2) is 11.8 Å². The molecule has 0 aliphatic heterocycles. The smallest absolute Gasteiger partial charge is 0.222 e. The van der Waals surface area contributed by atoms with E-state index in [1.807, 2.05) is 37.3 Å². The van der Waals surface area contributed by atoms with Crippen LogP contribution in [0.4, 0.5) is 4.39 Å². The third kappa shape index (κ3) is 5.19. The number of hydrogen-bond donors (Lipinski definition) is 2. The highest BCUT2D eigenvalue weighted by atomic mass is 19.1. The summed E-state index contributed by atoms with van der Waals surface area (Å²) < 4.78 is 13.0. The molecule has 4 nitrogen and oxygen atoms in total. The Bertz CT molecular complexity index is 686. The lowest BCUT2D eigenvalue weighted by atomic mass is 10.0. The summed E-state index contributed by atoms with van der Waals surface area (Å²) >= 11 is 0. The molecule has 0 saturated heterocycles. The SMILES string of the molecule is CC(=O)N[C@H](CC(=O)N[C@@H](C)c1ccc(F)cc1)c1ccccc1. The van der Waals surface area contributed by atoms with E-state index in [0.717, 1.165) is 11.1 Å². The molecule has 0 heterocycles. The third-order valence-corrected chi connectivity index (χ3v) is 3.72. The molecule has 0 bridgehead atoms. The number of benzene rings is 2. The highest BCUT2D eigenvalue weighted by molar-refractivity contribution is 5.79. The lowest BCUT2D eigenvalue weighted by Gasteiger charge is -2.20. The summed E-state index contributed by atoms with van der Waals surface area (Å²) in [4.78, 5) is 23.7. The molecule has 0 radical (unpaired) electrons. The molecule has 2 aromatic rings. The van der Waals surface area contributed by atoms with Gasteiger partial charge in [0.2, 0.25) is 11.8 Å². The van der Waals surface area contributed by atoms with Crippen molar-refractivity contribution in [2.24, 2.45) is 0 Å². The van der Waals surface area contributed by atoms with Crippen LogP contribution in [0.1, 0.15) is 43.5 Å². The lowest BCUT2D eigenvalue weighted by Crippen LogP contribution is -2.33. The van der Waals surface area contributed by atoms with Gasteiger partial charge in [0, 0.05) is 6.92 Å². The van der Waals surface area contributed by atoms with E-state index in [4.69, 9.17) is 0 Å². The van der Waals surface area contributed by atoms with E-state index in [-0.39, 0.29) is 36.1 Å². The first-order valence-electron chi connectivity index (χ1n) is 7.82. The Balaban J connectivity index is 2.02. The summed E-state index contributed by atoms with van der Waals surface area (Å²) in [6, 6.07) is 14.7. The van der Waals surface area contributed by atoms with Crippen LogP contribution < -0.4 is 10.6 Å². The molecule has 2 amide bonds. The zero-order valence-electron chi connectivity index (χ0n) is 13.8. The molecule has 2 rings (SSSR count). The van der Waals surface area contributed by atoms with Gasteiger partial charge in [-0.15, -0.1) is 0 Å². The Morgan fingerprint density at radius 1 is 0.958 bits per heavy atom. The van der Waals surface area contributed by atoms with E-state index in [0.29, 0.717) is 0 Å². The second kappa shape index (κ2) is 8.24. The zero-order chi connectivity index (χ0) is 17.5. The Hall–Kier alpha value is -2.69. The van der Waals surface area contributed by atoms with E-state index in [2.05, 4.69) is 10.6 Å². The molecule has 126 valence electrons. The molecule has 0 aliphatic rings. The molecule has 2 aromatic carbocycles. The molecule has 24 heavy (non-hydrogen) atoms. The standard InChI is InChI=1S/C19H21FN2O2/c1-13(15-8-10-17(20)11-9-15)21-19(24)12-18(22-14(2)23)16-6-4-3-5-7-16/h3-11,13,18H,12H2,1-2H3,(H,21,24)(H,22,23)/t13-,18+/m0/s1. The highest BCUT2D eigenvalue weighted by Crippen LogP contribution is 2.18. The first kappa shape index (κ1) is 17.7. The second-order valence-corrected chi connectivity index (χ2v) is 5.71. The summed E-state index contributed by atoms with van der Waals surface area (Å²) in [6.45, 7) is 3.26. The predicted molar refractivity (Wildman–Crippen MR) is 90.6 cm³/mol. The summed E-state index contributed by atoms with van der Waals surface area (Å²) in [6.07, 6.45) is 0.134. The monoisotopic (exact) mass is 328 g/mol. The predicted octanol–water partition coefficient (Wildman–Crippen LogP) is 3.27. The summed E-state index contributed by atoms with van der Waals surface area (Å²) in [5.74, 6) is -0.690. The van der Waals surface area contributed by atoms with E-state index >= 15 is 0 Å². The maximum atomic E-state index is 13.0. The molecular formula is C19H21FN2O2. The van der Waals surface area contributed by atoms with Gasteiger partial charge in [-0.25, -0.2) is 4.39 Å². The fraction of sp³-hybridized carbons (Fsp3) is 0.263. The molecule has 0 fully saturated rings. The van der Waals surface area contributed by atoms with Crippen molar-refractivity contribution in [1.29, 1.82) is 0 Å². The van der Waals surface area contributed by atoms with Crippen LogP contribution in [-0.2, 0) is 9.59 Å². The molecule has 0 saturated carbocycles. The number of rotatable bonds is 6. The number of nitrogens with one attached hydrogen (secondary N) is 2. The minimum Gasteiger partial charge on any atom is -0.350 e. The van der Waals surface area contributed by atoms with Crippen molar-refractivity contribution in [2.45, 2.75) is 32.4 Å². The van der Waals surface area contributed by atoms with Gasteiger partial charge >= 0.3 is 0 Å². The van der Waals surface area contributed by atoms with Gasteiger partial charge in [-0.3, -0.25) is 9.59 Å². The van der Waals surface area contributed by atoms with Crippen molar-refractivity contribution in [3.8, 4) is 0 Å². The number of amides is 2. The van der Waals surface area contributed by atoms with Crippen LogP contribution in [0.5, 0.6) is 0 Å². The molecule has 0 aliphatic carbocycles. The lowest BCUT2D eigenvalue weighted by molar-refractivity contribution is -0.123. The van der Waals surface area contributed by atoms with Crippen LogP contribution in [0.25, 0.3) is 0 Å². The Morgan fingerprint density at radius 3 is 2.17 bits per heavy atom. The van der Waals surface area contributed by atoms with E-state index in [1.54, 1.807) is 12.1 Å². The fourth-order valence-corrected chi connectivity index (χ4v) is 2.50. The molecule has 0 unspecified atom stereocenters. The fourth-order valence-electron chi connectivity index (χ4n) is 2.50. The Morgan fingerprint density at radius 2 is 1.58 bits per heavy atom. The van der Waals surface area contributed by atoms with Crippen LogP contribution in [0.15, 0.2) is 54.6 Å². The molecule has 0 aromatic heterocycles. The average Bonchev–Trinajstić information content (AvgIpc) is 2.55. The molecular weight excluding hydrogens is 307 g/mol.